The minimum absolute atomic E-state index is 0.229. The lowest BCUT2D eigenvalue weighted by Gasteiger charge is -2.21. The van der Waals surface area contributed by atoms with E-state index in [-0.39, 0.29) is 5.91 Å². The Labute approximate surface area is 178 Å². The first-order chi connectivity index (χ1) is 14.6. The van der Waals surface area contributed by atoms with Gasteiger partial charge in [0.05, 0.1) is 42.2 Å². The van der Waals surface area contributed by atoms with Crippen molar-refractivity contribution < 1.29 is 14.3 Å². The normalized spacial score (nSPS) is 10.8. The molecular weight excluding hydrogens is 398 g/mol. The van der Waals surface area contributed by atoms with Gasteiger partial charge in [-0.05, 0) is 48.9 Å². The molecule has 0 aliphatic rings. The molecule has 0 unspecified atom stereocenters. The Morgan fingerprint density at radius 3 is 2.67 bits per heavy atom. The molecule has 6 nitrogen and oxygen atoms in total. The maximum atomic E-state index is 13.7. The fourth-order valence-electron chi connectivity index (χ4n) is 3.22. The summed E-state index contributed by atoms with van der Waals surface area (Å²) in [5.74, 6) is 0.668. The molecule has 1 amide bonds. The van der Waals surface area contributed by atoms with Crippen LogP contribution in [0.1, 0.15) is 21.6 Å². The van der Waals surface area contributed by atoms with Crippen LogP contribution in [-0.2, 0) is 6.54 Å². The molecule has 0 saturated heterocycles. The monoisotopic (exact) mass is 419 g/mol. The van der Waals surface area contributed by atoms with Crippen LogP contribution in [-0.4, -0.2) is 30.1 Å². The van der Waals surface area contributed by atoms with Crippen LogP contribution in [0.15, 0.2) is 60.8 Å². The van der Waals surface area contributed by atoms with Gasteiger partial charge in [0.25, 0.3) is 5.91 Å². The van der Waals surface area contributed by atoms with Crippen LogP contribution in [0.2, 0.25) is 0 Å². The van der Waals surface area contributed by atoms with E-state index in [9.17, 15) is 4.79 Å². The summed E-state index contributed by atoms with van der Waals surface area (Å²) in [6.45, 7) is 2.33. The van der Waals surface area contributed by atoms with Gasteiger partial charge in [0.1, 0.15) is 0 Å². The fourth-order valence-corrected chi connectivity index (χ4v) is 4.28. The summed E-state index contributed by atoms with van der Waals surface area (Å²) in [6, 6.07) is 17.0. The third-order valence-electron chi connectivity index (χ3n) is 4.69. The number of para-hydroxylation sites is 1. The van der Waals surface area contributed by atoms with Crippen molar-refractivity contribution in [2.24, 2.45) is 0 Å². The summed E-state index contributed by atoms with van der Waals surface area (Å²) in [6.07, 6.45) is 1.71. The Kier molecular flexibility index (Phi) is 5.63. The van der Waals surface area contributed by atoms with E-state index in [0.717, 1.165) is 21.5 Å². The van der Waals surface area contributed by atoms with Crippen molar-refractivity contribution in [3.8, 4) is 11.5 Å². The summed E-state index contributed by atoms with van der Waals surface area (Å²) in [4.78, 5) is 24.4. The van der Waals surface area contributed by atoms with Gasteiger partial charge in [-0.2, -0.15) is 0 Å². The second-order valence-electron chi connectivity index (χ2n) is 6.72. The first-order valence-corrected chi connectivity index (χ1v) is 10.2. The number of pyridine rings is 1. The van der Waals surface area contributed by atoms with Crippen molar-refractivity contribution in [2.45, 2.75) is 13.5 Å². The van der Waals surface area contributed by atoms with Crippen LogP contribution in [0, 0.1) is 6.92 Å². The molecule has 2 aromatic carbocycles. The second-order valence-corrected chi connectivity index (χ2v) is 7.73. The standard InChI is InChI=1S/C23H21N3O3S/c1-15-10-11-18-20(13-15)30-23(25-18)26(14-16-7-4-5-12-24-16)22(27)17-8-6-9-19(28-2)21(17)29-3/h4-13H,14H2,1-3H3. The number of amides is 1. The molecule has 4 rings (SSSR count). The van der Waals surface area contributed by atoms with Gasteiger partial charge in [-0.3, -0.25) is 14.7 Å². The Morgan fingerprint density at radius 2 is 1.93 bits per heavy atom. The number of anilines is 1. The summed E-state index contributed by atoms with van der Waals surface area (Å²) >= 11 is 1.48. The summed E-state index contributed by atoms with van der Waals surface area (Å²) in [5, 5.41) is 0.608. The molecule has 2 aromatic heterocycles. The van der Waals surface area contributed by atoms with Gasteiger partial charge in [-0.1, -0.05) is 29.5 Å². The van der Waals surface area contributed by atoms with Crippen molar-refractivity contribution >= 4 is 32.6 Å². The summed E-state index contributed by atoms with van der Waals surface area (Å²) < 4.78 is 11.9. The lowest BCUT2D eigenvalue weighted by Crippen LogP contribution is -2.31. The molecule has 152 valence electrons. The Morgan fingerprint density at radius 1 is 1.07 bits per heavy atom. The number of hydrogen-bond acceptors (Lipinski definition) is 6. The number of aryl methyl sites for hydroxylation is 1. The Balaban J connectivity index is 1.81. The molecule has 0 radical (unpaired) electrons. The molecule has 0 aliphatic carbocycles. The van der Waals surface area contributed by atoms with Gasteiger partial charge in [-0.15, -0.1) is 0 Å². The minimum Gasteiger partial charge on any atom is -0.493 e. The van der Waals surface area contributed by atoms with Gasteiger partial charge in [-0.25, -0.2) is 4.98 Å². The Bertz CT molecular complexity index is 1190. The van der Waals surface area contributed by atoms with Crippen molar-refractivity contribution in [3.63, 3.8) is 0 Å². The van der Waals surface area contributed by atoms with Gasteiger partial charge in [0.2, 0.25) is 0 Å². The van der Waals surface area contributed by atoms with E-state index < -0.39 is 0 Å². The van der Waals surface area contributed by atoms with Crippen LogP contribution in [0.5, 0.6) is 11.5 Å². The van der Waals surface area contributed by atoms with E-state index in [1.807, 2.05) is 37.3 Å². The quantitative estimate of drug-likeness (QED) is 0.446. The zero-order valence-electron chi connectivity index (χ0n) is 17.0. The van der Waals surface area contributed by atoms with E-state index in [1.165, 1.54) is 18.4 Å². The van der Waals surface area contributed by atoms with Crippen LogP contribution in [0.4, 0.5) is 5.13 Å². The minimum atomic E-state index is -0.229. The molecule has 30 heavy (non-hydrogen) atoms. The molecule has 0 spiro atoms. The van der Waals surface area contributed by atoms with E-state index in [4.69, 9.17) is 14.5 Å². The number of rotatable bonds is 6. The van der Waals surface area contributed by atoms with Crippen molar-refractivity contribution in [1.29, 1.82) is 0 Å². The summed E-state index contributed by atoms with van der Waals surface area (Å²) in [5.41, 5.74) is 3.18. The number of fused-ring (bicyclic) bond motifs is 1. The third-order valence-corrected chi connectivity index (χ3v) is 5.73. The molecule has 0 fully saturated rings. The summed E-state index contributed by atoms with van der Waals surface area (Å²) in [7, 11) is 3.08. The fraction of sp³-hybridized carbons (Fsp3) is 0.174. The maximum Gasteiger partial charge on any atom is 0.264 e. The molecular formula is C23H21N3O3S. The third kappa shape index (κ3) is 3.84. The maximum absolute atomic E-state index is 13.7. The number of aromatic nitrogens is 2. The van der Waals surface area contributed by atoms with Crippen molar-refractivity contribution in [3.05, 3.63) is 77.6 Å². The lowest BCUT2D eigenvalue weighted by atomic mass is 10.1. The molecule has 0 aliphatic heterocycles. The van der Waals surface area contributed by atoms with Crippen LogP contribution >= 0.6 is 11.3 Å². The number of nitrogens with zero attached hydrogens (tertiary/aromatic N) is 3. The number of benzene rings is 2. The van der Waals surface area contributed by atoms with Crippen LogP contribution < -0.4 is 14.4 Å². The predicted octanol–water partition coefficient (Wildman–Crippen LogP) is 4.86. The van der Waals surface area contributed by atoms with Crippen molar-refractivity contribution in [2.75, 3.05) is 19.1 Å². The number of carbonyl (C=O) groups excluding carboxylic acids is 1. The van der Waals surface area contributed by atoms with Gasteiger partial charge in [0.15, 0.2) is 16.6 Å². The SMILES string of the molecule is COc1cccc(C(=O)N(Cc2ccccn2)c2nc3ccc(C)cc3s2)c1OC. The van der Waals surface area contributed by atoms with E-state index >= 15 is 0 Å². The first kappa shape index (κ1) is 19.8. The highest BCUT2D eigenvalue weighted by Gasteiger charge is 2.26. The van der Waals surface area contributed by atoms with E-state index in [0.29, 0.717) is 28.7 Å². The van der Waals surface area contributed by atoms with E-state index in [2.05, 4.69) is 11.1 Å². The van der Waals surface area contributed by atoms with Crippen LogP contribution in [0.3, 0.4) is 0 Å². The molecule has 0 N–H and O–H groups in total. The predicted molar refractivity (Wildman–Crippen MR) is 119 cm³/mol. The van der Waals surface area contributed by atoms with Gasteiger partial charge in [0, 0.05) is 6.20 Å². The van der Waals surface area contributed by atoms with Gasteiger partial charge < -0.3 is 9.47 Å². The lowest BCUT2D eigenvalue weighted by molar-refractivity contribution is 0.0981. The molecule has 2 heterocycles. The number of methoxy groups -OCH3 is 2. The van der Waals surface area contributed by atoms with Gasteiger partial charge >= 0.3 is 0 Å². The smallest absolute Gasteiger partial charge is 0.264 e. The molecule has 0 atom stereocenters. The zero-order valence-corrected chi connectivity index (χ0v) is 17.8. The van der Waals surface area contributed by atoms with Crippen molar-refractivity contribution in [1.82, 2.24) is 9.97 Å². The topological polar surface area (TPSA) is 64.5 Å². The Hall–Kier alpha value is -3.45. The molecule has 0 saturated carbocycles. The average molecular weight is 420 g/mol. The highest BCUT2D eigenvalue weighted by molar-refractivity contribution is 7.22. The highest BCUT2D eigenvalue weighted by atomic mass is 32.1. The molecule has 4 aromatic rings. The van der Waals surface area contributed by atoms with Crippen LogP contribution in [0.25, 0.3) is 10.2 Å². The zero-order chi connectivity index (χ0) is 21.1. The average Bonchev–Trinajstić information content (AvgIpc) is 3.19. The van der Waals surface area contributed by atoms with E-state index in [1.54, 1.807) is 36.4 Å². The largest absolute Gasteiger partial charge is 0.493 e. The highest BCUT2D eigenvalue weighted by Crippen LogP contribution is 2.35. The number of thiazole rings is 1. The number of carbonyl (C=O) groups is 1. The first-order valence-electron chi connectivity index (χ1n) is 9.40. The number of ether oxygens (including phenoxy) is 2. The number of hydrogen-bond donors (Lipinski definition) is 0. The second kappa shape index (κ2) is 8.51. The molecule has 7 heteroatoms. The molecule has 0 bridgehead atoms.